The number of hydrogen-bond acceptors (Lipinski definition) is 5. The van der Waals surface area contributed by atoms with E-state index in [0.717, 1.165) is 0 Å². The summed E-state index contributed by atoms with van der Waals surface area (Å²) in [4.78, 5) is 24.3. The molecule has 0 bridgehead atoms. The summed E-state index contributed by atoms with van der Waals surface area (Å²) in [7, 11) is 0. The fraction of sp³-hybridized carbons (Fsp3) is 0.217. The molecule has 0 fully saturated rings. The van der Waals surface area contributed by atoms with Crippen molar-refractivity contribution >= 4 is 11.8 Å². The molecule has 2 aromatic carbocycles. The fourth-order valence-corrected chi connectivity index (χ4v) is 2.69. The maximum absolute atomic E-state index is 13.3. The molecule has 0 aliphatic rings. The van der Waals surface area contributed by atoms with E-state index in [0.29, 0.717) is 11.1 Å². The molecule has 0 aliphatic heterocycles. The Morgan fingerprint density at radius 2 is 1.69 bits per heavy atom. The van der Waals surface area contributed by atoms with Crippen molar-refractivity contribution in [1.29, 1.82) is 0 Å². The zero-order valence-corrected chi connectivity index (χ0v) is 17.0. The maximum atomic E-state index is 13.3. The van der Waals surface area contributed by atoms with E-state index in [2.05, 4.69) is 34.3 Å². The van der Waals surface area contributed by atoms with E-state index in [9.17, 15) is 23.5 Å². The van der Waals surface area contributed by atoms with Gasteiger partial charge in [0.25, 0.3) is 18.2 Å². The monoisotopic (exact) mass is 441 g/mol. The predicted molar refractivity (Wildman–Crippen MR) is 113 cm³/mol. The molecule has 0 saturated carbocycles. The molecule has 2 aromatic rings. The minimum Gasteiger partial charge on any atom is -0.507 e. The van der Waals surface area contributed by atoms with Crippen LogP contribution in [0.2, 0.25) is 0 Å². The van der Waals surface area contributed by atoms with Crippen molar-refractivity contribution in [3.05, 3.63) is 65.2 Å². The van der Waals surface area contributed by atoms with E-state index < -0.39 is 30.3 Å². The van der Waals surface area contributed by atoms with Crippen LogP contribution in [-0.4, -0.2) is 47.2 Å². The average molecular weight is 441 g/mol. The van der Waals surface area contributed by atoms with Crippen LogP contribution in [-0.2, 0) is 4.79 Å². The molecule has 0 heterocycles. The number of halogens is 2. The van der Waals surface area contributed by atoms with Gasteiger partial charge in [-0.25, -0.2) is 14.3 Å². The van der Waals surface area contributed by atoms with Gasteiger partial charge in [0.2, 0.25) is 0 Å². The van der Waals surface area contributed by atoms with Crippen molar-refractivity contribution in [3.8, 4) is 29.4 Å². The number of hydroxylamine groups is 1. The zero-order valence-electron chi connectivity index (χ0n) is 17.0. The fourth-order valence-electron chi connectivity index (χ4n) is 2.69. The largest absolute Gasteiger partial charge is 0.507 e. The number of para-hydroxylation sites is 1. The summed E-state index contributed by atoms with van der Waals surface area (Å²) in [6.07, 6.45) is -2.96. The molecule has 2 rings (SSSR count). The average Bonchev–Trinajstić information content (AvgIpc) is 2.79. The molecular weight excluding hydrogens is 420 g/mol. The SMILES string of the molecule is CCNC(C(F)F)C(NC(=O)c1ccc(C#CC#Cc2ccccc2O)cc1)C(=O)NO. The number of aromatic hydroxyl groups is 1. The minimum atomic E-state index is -2.96. The quantitative estimate of drug-likeness (QED) is 0.255. The molecule has 7 nitrogen and oxygen atoms in total. The summed E-state index contributed by atoms with van der Waals surface area (Å²) in [6, 6.07) is 9.06. The third kappa shape index (κ3) is 6.81. The van der Waals surface area contributed by atoms with Crippen molar-refractivity contribution in [3.63, 3.8) is 0 Å². The van der Waals surface area contributed by atoms with E-state index >= 15 is 0 Å². The third-order valence-corrected chi connectivity index (χ3v) is 4.27. The first-order valence-electron chi connectivity index (χ1n) is 9.53. The van der Waals surface area contributed by atoms with Crippen LogP contribution in [0.25, 0.3) is 0 Å². The first kappa shape index (κ1) is 24.4. The normalized spacial score (nSPS) is 11.9. The van der Waals surface area contributed by atoms with Gasteiger partial charge in [-0.05, 0) is 60.7 Å². The standard InChI is InChI=1S/C23H21F2N3O4/c1-2-26-19(21(24)25)20(23(31)28-32)27-22(30)17-13-11-15(12-14-17)7-3-4-8-16-9-5-6-10-18(16)29/h5-6,9-14,19-21,26,29,32H,2H2,1H3,(H,27,30)(H,28,31). The summed E-state index contributed by atoms with van der Waals surface area (Å²) in [5.41, 5.74) is 2.38. The zero-order chi connectivity index (χ0) is 23.5. The van der Waals surface area contributed by atoms with Crippen molar-refractivity contribution in [2.75, 3.05) is 6.54 Å². The number of carbonyl (C=O) groups is 2. The molecule has 0 saturated heterocycles. The molecule has 32 heavy (non-hydrogen) atoms. The van der Waals surface area contributed by atoms with Crippen LogP contribution in [0, 0.1) is 23.7 Å². The lowest BCUT2D eigenvalue weighted by Gasteiger charge is -2.26. The molecule has 0 spiro atoms. The lowest BCUT2D eigenvalue weighted by atomic mass is 10.1. The lowest BCUT2D eigenvalue weighted by molar-refractivity contribution is -0.133. The Morgan fingerprint density at radius 3 is 2.28 bits per heavy atom. The number of amides is 2. The molecule has 2 atom stereocenters. The number of rotatable bonds is 7. The summed E-state index contributed by atoms with van der Waals surface area (Å²) >= 11 is 0. The molecule has 0 aromatic heterocycles. The Kier molecular flexibility index (Phi) is 9.18. The Hall–Kier alpha value is -3.92. The van der Waals surface area contributed by atoms with Gasteiger partial charge in [0, 0.05) is 11.1 Å². The van der Waals surface area contributed by atoms with Crippen LogP contribution in [0.4, 0.5) is 8.78 Å². The number of likely N-dealkylation sites (N-methyl/N-ethyl adjacent to an activating group) is 1. The van der Waals surface area contributed by atoms with Gasteiger partial charge in [0.1, 0.15) is 11.8 Å². The highest BCUT2D eigenvalue weighted by atomic mass is 19.3. The topological polar surface area (TPSA) is 111 Å². The number of phenols is 1. The second-order valence-corrected chi connectivity index (χ2v) is 6.44. The highest BCUT2D eigenvalue weighted by molar-refractivity contribution is 5.97. The highest BCUT2D eigenvalue weighted by Crippen LogP contribution is 2.13. The Morgan fingerprint density at radius 1 is 1.03 bits per heavy atom. The van der Waals surface area contributed by atoms with Crippen molar-refractivity contribution in [1.82, 2.24) is 16.1 Å². The van der Waals surface area contributed by atoms with Gasteiger partial charge in [0.05, 0.1) is 11.6 Å². The molecule has 0 radical (unpaired) electrons. The first-order valence-corrected chi connectivity index (χ1v) is 9.53. The van der Waals surface area contributed by atoms with Gasteiger partial charge in [-0.1, -0.05) is 25.0 Å². The highest BCUT2D eigenvalue weighted by Gasteiger charge is 2.35. The van der Waals surface area contributed by atoms with Crippen LogP contribution in [0.3, 0.4) is 0 Å². The number of benzene rings is 2. The van der Waals surface area contributed by atoms with Crippen molar-refractivity contribution in [2.24, 2.45) is 0 Å². The van der Waals surface area contributed by atoms with Crippen LogP contribution < -0.4 is 16.1 Å². The molecular formula is C23H21F2N3O4. The number of phenolic OH excluding ortho intramolecular Hbond substituents is 1. The predicted octanol–water partition coefficient (Wildman–Crippen LogP) is 1.64. The minimum absolute atomic E-state index is 0.0496. The van der Waals surface area contributed by atoms with Crippen molar-refractivity contribution < 1.29 is 28.7 Å². The van der Waals surface area contributed by atoms with Crippen LogP contribution in [0.5, 0.6) is 5.75 Å². The number of alkyl halides is 2. The third-order valence-electron chi connectivity index (χ3n) is 4.27. The van der Waals surface area contributed by atoms with E-state index in [4.69, 9.17) is 5.21 Å². The summed E-state index contributed by atoms with van der Waals surface area (Å²) in [5.74, 6) is 8.83. The van der Waals surface area contributed by atoms with E-state index in [1.165, 1.54) is 35.8 Å². The van der Waals surface area contributed by atoms with Gasteiger partial charge in [-0.3, -0.25) is 14.8 Å². The van der Waals surface area contributed by atoms with E-state index in [1.807, 2.05) is 0 Å². The molecule has 2 amide bonds. The van der Waals surface area contributed by atoms with Crippen LogP contribution >= 0.6 is 0 Å². The van der Waals surface area contributed by atoms with Crippen LogP contribution in [0.1, 0.15) is 28.4 Å². The van der Waals surface area contributed by atoms with Gasteiger partial charge in [-0.2, -0.15) is 0 Å². The van der Waals surface area contributed by atoms with E-state index in [-0.39, 0.29) is 17.9 Å². The summed E-state index contributed by atoms with van der Waals surface area (Å²) < 4.78 is 26.6. The Bertz CT molecular complexity index is 1070. The van der Waals surface area contributed by atoms with E-state index in [1.54, 1.807) is 25.1 Å². The van der Waals surface area contributed by atoms with Crippen molar-refractivity contribution in [2.45, 2.75) is 25.4 Å². The second-order valence-electron chi connectivity index (χ2n) is 6.44. The van der Waals surface area contributed by atoms with Gasteiger partial charge in [0.15, 0.2) is 0 Å². The maximum Gasteiger partial charge on any atom is 0.267 e. The summed E-state index contributed by atoms with van der Waals surface area (Å²) in [6.45, 7) is 1.69. The first-order chi connectivity index (χ1) is 15.4. The molecule has 0 aliphatic carbocycles. The van der Waals surface area contributed by atoms with Crippen LogP contribution in [0.15, 0.2) is 48.5 Å². The molecule has 166 valence electrons. The van der Waals surface area contributed by atoms with Gasteiger partial charge < -0.3 is 15.7 Å². The number of nitrogens with one attached hydrogen (secondary N) is 3. The smallest absolute Gasteiger partial charge is 0.267 e. The molecule has 9 heteroatoms. The Labute approximate surface area is 183 Å². The number of carbonyl (C=O) groups excluding carboxylic acids is 2. The summed E-state index contributed by atoms with van der Waals surface area (Å²) in [5, 5.41) is 23.1. The molecule has 5 N–H and O–H groups in total. The molecule has 2 unspecified atom stereocenters. The Balaban J connectivity index is 2.11. The van der Waals surface area contributed by atoms with Gasteiger partial charge in [-0.15, -0.1) is 0 Å². The lowest BCUT2D eigenvalue weighted by Crippen LogP contribution is -2.59. The second kappa shape index (κ2) is 12.1. The number of hydrogen-bond donors (Lipinski definition) is 5. The van der Waals surface area contributed by atoms with Gasteiger partial charge >= 0.3 is 0 Å².